The summed E-state index contributed by atoms with van der Waals surface area (Å²) < 4.78 is 12.0. The third kappa shape index (κ3) is 4.78. The zero-order chi connectivity index (χ0) is 13.7. The van der Waals surface area contributed by atoms with Gasteiger partial charge in [-0.1, -0.05) is 37.1 Å². The molecule has 1 aromatic rings. The van der Waals surface area contributed by atoms with Gasteiger partial charge in [-0.2, -0.15) is 0 Å². The first-order valence-corrected chi connectivity index (χ1v) is 8.27. The zero-order valence-corrected chi connectivity index (χ0v) is 11.8. The molecule has 104 valence electrons. The summed E-state index contributed by atoms with van der Waals surface area (Å²) in [5, 5.41) is 8.69. The maximum Gasteiger partial charge on any atom is 0.307 e. The molecule has 0 aromatic heterocycles. The van der Waals surface area contributed by atoms with Gasteiger partial charge in [0.2, 0.25) is 0 Å². The average molecular weight is 280 g/mol. The summed E-state index contributed by atoms with van der Waals surface area (Å²) in [6, 6.07) is 7.42. The minimum Gasteiger partial charge on any atom is -0.481 e. The predicted molar refractivity (Wildman–Crippen MR) is 76.5 cm³/mol. The molecule has 1 N–H and O–H groups in total. The van der Waals surface area contributed by atoms with Gasteiger partial charge in [-0.25, -0.2) is 0 Å². The molecule has 1 aliphatic carbocycles. The standard InChI is InChI=1S/C15H20O3S/c16-15(17)9-12-5-7-14(8-6-12)11-19(18)10-13-3-1-2-4-13/h5-8,13H,1-4,9-11H2,(H,16,17). The monoisotopic (exact) mass is 280 g/mol. The number of benzene rings is 1. The van der Waals surface area contributed by atoms with E-state index in [2.05, 4.69) is 0 Å². The van der Waals surface area contributed by atoms with Gasteiger partial charge in [0.15, 0.2) is 0 Å². The Labute approximate surface area is 116 Å². The van der Waals surface area contributed by atoms with E-state index in [0.29, 0.717) is 11.7 Å². The molecule has 0 radical (unpaired) electrons. The van der Waals surface area contributed by atoms with Crippen molar-refractivity contribution in [2.75, 3.05) is 5.75 Å². The lowest BCUT2D eigenvalue weighted by atomic mass is 10.1. The molecule has 2 rings (SSSR count). The molecule has 0 heterocycles. The molecule has 0 saturated heterocycles. The van der Waals surface area contributed by atoms with Crippen molar-refractivity contribution in [1.82, 2.24) is 0 Å². The summed E-state index contributed by atoms with van der Waals surface area (Å²) in [5.74, 6) is 1.23. The van der Waals surface area contributed by atoms with Crippen molar-refractivity contribution in [3.63, 3.8) is 0 Å². The van der Waals surface area contributed by atoms with E-state index >= 15 is 0 Å². The van der Waals surface area contributed by atoms with Crippen LogP contribution in [0.2, 0.25) is 0 Å². The van der Waals surface area contributed by atoms with Gasteiger partial charge in [-0.3, -0.25) is 9.00 Å². The second-order valence-electron chi connectivity index (χ2n) is 5.29. The van der Waals surface area contributed by atoms with Crippen LogP contribution >= 0.6 is 0 Å². The number of carboxylic acid groups (broad SMARTS) is 1. The van der Waals surface area contributed by atoms with Crippen LogP contribution in [0.25, 0.3) is 0 Å². The van der Waals surface area contributed by atoms with Crippen LogP contribution in [0, 0.1) is 5.92 Å². The van der Waals surface area contributed by atoms with E-state index in [0.717, 1.165) is 16.9 Å². The molecular weight excluding hydrogens is 260 g/mol. The van der Waals surface area contributed by atoms with Crippen molar-refractivity contribution >= 4 is 16.8 Å². The van der Waals surface area contributed by atoms with Gasteiger partial charge in [0.1, 0.15) is 0 Å². The Morgan fingerprint density at radius 1 is 1.16 bits per heavy atom. The van der Waals surface area contributed by atoms with Gasteiger partial charge in [0, 0.05) is 22.3 Å². The third-order valence-electron chi connectivity index (χ3n) is 3.60. The summed E-state index contributed by atoms with van der Waals surface area (Å²) in [4.78, 5) is 10.6. The number of hydrogen-bond acceptors (Lipinski definition) is 2. The molecule has 4 heteroatoms. The number of rotatable bonds is 6. The highest BCUT2D eigenvalue weighted by Crippen LogP contribution is 2.25. The highest BCUT2D eigenvalue weighted by atomic mass is 32.2. The molecule has 0 spiro atoms. The van der Waals surface area contributed by atoms with E-state index < -0.39 is 16.8 Å². The summed E-state index contributed by atoms with van der Waals surface area (Å²) in [5.41, 5.74) is 1.82. The van der Waals surface area contributed by atoms with E-state index in [4.69, 9.17) is 5.11 Å². The van der Waals surface area contributed by atoms with Crippen molar-refractivity contribution in [2.45, 2.75) is 37.9 Å². The number of carbonyl (C=O) groups is 1. The fraction of sp³-hybridized carbons (Fsp3) is 0.533. The maximum atomic E-state index is 12.0. The molecular formula is C15H20O3S. The second-order valence-corrected chi connectivity index (χ2v) is 6.79. The maximum absolute atomic E-state index is 12.0. The molecule has 1 aromatic carbocycles. The highest BCUT2D eigenvalue weighted by Gasteiger charge is 2.17. The van der Waals surface area contributed by atoms with Crippen LogP contribution in [-0.4, -0.2) is 21.0 Å². The fourth-order valence-electron chi connectivity index (χ4n) is 2.61. The molecule has 1 atom stereocenters. The predicted octanol–water partition coefficient (Wildman–Crippen LogP) is 2.75. The molecule has 1 aliphatic rings. The first kappa shape index (κ1) is 14.3. The Hall–Kier alpha value is -1.16. The highest BCUT2D eigenvalue weighted by molar-refractivity contribution is 7.84. The Morgan fingerprint density at radius 2 is 1.74 bits per heavy atom. The lowest BCUT2D eigenvalue weighted by Crippen LogP contribution is -2.09. The van der Waals surface area contributed by atoms with Crippen molar-refractivity contribution in [3.05, 3.63) is 35.4 Å². The molecule has 1 fully saturated rings. The SMILES string of the molecule is O=C(O)Cc1ccc(CS(=O)CC2CCCC2)cc1. The third-order valence-corrected chi connectivity index (χ3v) is 5.10. The summed E-state index contributed by atoms with van der Waals surface area (Å²) in [6.07, 6.45) is 5.07. The number of hydrogen-bond donors (Lipinski definition) is 1. The van der Waals surface area contributed by atoms with Crippen LogP contribution in [0.3, 0.4) is 0 Å². The fourth-order valence-corrected chi connectivity index (χ4v) is 4.15. The van der Waals surface area contributed by atoms with E-state index in [9.17, 15) is 9.00 Å². The zero-order valence-electron chi connectivity index (χ0n) is 11.0. The van der Waals surface area contributed by atoms with Crippen molar-refractivity contribution in [3.8, 4) is 0 Å². The quantitative estimate of drug-likeness (QED) is 0.871. The lowest BCUT2D eigenvalue weighted by molar-refractivity contribution is -0.136. The Morgan fingerprint density at radius 3 is 2.32 bits per heavy atom. The first-order valence-electron chi connectivity index (χ1n) is 6.78. The van der Waals surface area contributed by atoms with Gasteiger partial charge in [-0.15, -0.1) is 0 Å². The molecule has 19 heavy (non-hydrogen) atoms. The van der Waals surface area contributed by atoms with Crippen molar-refractivity contribution in [1.29, 1.82) is 0 Å². The van der Waals surface area contributed by atoms with Gasteiger partial charge < -0.3 is 5.11 Å². The molecule has 3 nitrogen and oxygen atoms in total. The number of aliphatic carboxylic acids is 1. The van der Waals surface area contributed by atoms with Crippen molar-refractivity contribution in [2.24, 2.45) is 5.92 Å². The topological polar surface area (TPSA) is 54.4 Å². The van der Waals surface area contributed by atoms with Crippen LogP contribution in [0.1, 0.15) is 36.8 Å². The smallest absolute Gasteiger partial charge is 0.307 e. The molecule has 0 bridgehead atoms. The normalized spacial score (nSPS) is 17.5. The summed E-state index contributed by atoms with van der Waals surface area (Å²) in [6.45, 7) is 0. The van der Waals surface area contributed by atoms with Gasteiger partial charge in [0.25, 0.3) is 0 Å². The van der Waals surface area contributed by atoms with E-state index in [-0.39, 0.29) is 6.42 Å². The van der Waals surface area contributed by atoms with Gasteiger partial charge in [-0.05, 0) is 29.9 Å². The lowest BCUT2D eigenvalue weighted by Gasteiger charge is -2.08. The first-order chi connectivity index (χ1) is 9.13. The van der Waals surface area contributed by atoms with Crippen LogP contribution in [0.4, 0.5) is 0 Å². The Balaban J connectivity index is 1.84. The van der Waals surface area contributed by atoms with E-state index in [1.807, 2.05) is 24.3 Å². The largest absolute Gasteiger partial charge is 0.481 e. The van der Waals surface area contributed by atoms with Crippen LogP contribution in [0.5, 0.6) is 0 Å². The Bertz CT molecular complexity index is 447. The minimum atomic E-state index is -0.822. The van der Waals surface area contributed by atoms with Gasteiger partial charge in [0.05, 0.1) is 6.42 Å². The molecule has 1 unspecified atom stereocenters. The van der Waals surface area contributed by atoms with Crippen LogP contribution in [0.15, 0.2) is 24.3 Å². The van der Waals surface area contributed by atoms with Crippen LogP contribution < -0.4 is 0 Å². The van der Waals surface area contributed by atoms with Crippen LogP contribution in [-0.2, 0) is 27.8 Å². The Kier molecular flexibility index (Phi) is 5.14. The summed E-state index contributed by atoms with van der Waals surface area (Å²) >= 11 is 0. The summed E-state index contributed by atoms with van der Waals surface area (Å²) in [7, 11) is -0.795. The molecule has 0 aliphatic heterocycles. The average Bonchev–Trinajstić information content (AvgIpc) is 2.83. The molecule has 1 saturated carbocycles. The van der Waals surface area contributed by atoms with Crippen molar-refractivity contribution < 1.29 is 14.1 Å². The van der Waals surface area contributed by atoms with Gasteiger partial charge >= 0.3 is 5.97 Å². The van der Waals surface area contributed by atoms with E-state index in [1.165, 1.54) is 25.7 Å². The second kappa shape index (κ2) is 6.85. The molecule has 0 amide bonds. The minimum absolute atomic E-state index is 0.0471. The number of carboxylic acids is 1. The van der Waals surface area contributed by atoms with E-state index in [1.54, 1.807) is 0 Å².